The van der Waals surface area contributed by atoms with E-state index in [1.54, 1.807) is 0 Å². The maximum absolute atomic E-state index is 2.24. The van der Waals surface area contributed by atoms with Crippen molar-refractivity contribution in [3.63, 3.8) is 0 Å². The zero-order valence-corrected chi connectivity index (χ0v) is 11.0. The van der Waals surface area contributed by atoms with E-state index in [-0.39, 0.29) is 5.41 Å². The number of hydrogen-bond donors (Lipinski definition) is 0. The smallest absolute Gasteiger partial charge is 0.0200 e. The van der Waals surface area contributed by atoms with Gasteiger partial charge in [-0.1, -0.05) is 76.6 Å². The highest BCUT2D eigenvalue weighted by molar-refractivity contribution is 5.50. The molecule has 0 aliphatic heterocycles. The summed E-state index contributed by atoms with van der Waals surface area (Å²) in [5, 5.41) is 0. The number of hydrogen-bond acceptors (Lipinski definition) is 0. The molecule has 0 amide bonds. The van der Waals surface area contributed by atoms with Crippen molar-refractivity contribution >= 4 is 6.08 Å². The van der Waals surface area contributed by atoms with Gasteiger partial charge in [-0.25, -0.2) is 0 Å². The average molecular weight is 204 g/mol. The zero-order chi connectivity index (χ0) is 11.9. The summed E-state index contributed by atoms with van der Waals surface area (Å²) in [4.78, 5) is 0. The fourth-order valence-electron chi connectivity index (χ4n) is 1.12. The van der Waals surface area contributed by atoms with Gasteiger partial charge in [0.05, 0.1) is 0 Å². The van der Waals surface area contributed by atoms with E-state index < -0.39 is 0 Å². The van der Waals surface area contributed by atoms with Crippen LogP contribution in [0.2, 0.25) is 0 Å². The van der Waals surface area contributed by atoms with E-state index in [1.807, 2.05) is 13.8 Å². The second-order valence-electron chi connectivity index (χ2n) is 4.61. The van der Waals surface area contributed by atoms with Gasteiger partial charge in [-0.15, -0.1) is 0 Å². The molecular formula is C15H24. The third-order valence-corrected chi connectivity index (χ3v) is 1.82. The quantitative estimate of drug-likeness (QED) is 0.598. The van der Waals surface area contributed by atoms with Crippen molar-refractivity contribution in [1.82, 2.24) is 0 Å². The fraction of sp³-hybridized carbons (Fsp3) is 0.467. The molecule has 1 rings (SSSR count). The third-order valence-electron chi connectivity index (χ3n) is 1.82. The lowest BCUT2D eigenvalue weighted by Gasteiger charge is -2.10. The van der Waals surface area contributed by atoms with Gasteiger partial charge in [-0.2, -0.15) is 0 Å². The Bertz CT molecular complexity index is 300. The molecule has 0 aliphatic carbocycles. The molecule has 0 radical (unpaired) electrons. The van der Waals surface area contributed by atoms with E-state index >= 15 is 0 Å². The summed E-state index contributed by atoms with van der Waals surface area (Å²) >= 11 is 0. The number of benzene rings is 1. The van der Waals surface area contributed by atoms with Crippen LogP contribution >= 0.6 is 0 Å². The zero-order valence-electron chi connectivity index (χ0n) is 11.0. The van der Waals surface area contributed by atoms with Gasteiger partial charge >= 0.3 is 0 Å². The molecule has 0 spiro atoms. The van der Waals surface area contributed by atoms with Crippen LogP contribution in [-0.2, 0) is 0 Å². The first-order valence-electron chi connectivity index (χ1n) is 5.73. The van der Waals surface area contributed by atoms with Gasteiger partial charge in [0.2, 0.25) is 0 Å². The Morgan fingerprint density at radius 2 is 1.67 bits per heavy atom. The SMILES string of the molecule is CC.Cc1cccc(/C=C/C(C)(C)C)c1. The molecule has 0 aromatic heterocycles. The molecule has 0 unspecified atom stereocenters. The molecule has 1 aromatic rings. The van der Waals surface area contributed by atoms with E-state index in [9.17, 15) is 0 Å². The van der Waals surface area contributed by atoms with Gasteiger partial charge in [0.1, 0.15) is 0 Å². The second kappa shape index (κ2) is 6.44. The molecule has 0 saturated carbocycles. The van der Waals surface area contributed by atoms with Crippen molar-refractivity contribution in [2.24, 2.45) is 5.41 Å². The molecule has 0 atom stereocenters. The van der Waals surface area contributed by atoms with Crippen molar-refractivity contribution in [2.75, 3.05) is 0 Å². The van der Waals surface area contributed by atoms with Gasteiger partial charge in [-0.05, 0) is 17.9 Å². The Hall–Kier alpha value is -1.04. The Morgan fingerprint density at radius 1 is 1.07 bits per heavy atom. The maximum Gasteiger partial charge on any atom is -0.0200 e. The predicted molar refractivity (Wildman–Crippen MR) is 71.0 cm³/mol. The molecular weight excluding hydrogens is 180 g/mol. The molecule has 0 saturated heterocycles. The van der Waals surface area contributed by atoms with Crippen LogP contribution in [-0.4, -0.2) is 0 Å². The van der Waals surface area contributed by atoms with Crippen LogP contribution in [0, 0.1) is 12.3 Å². The van der Waals surface area contributed by atoms with Crippen molar-refractivity contribution in [3.05, 3.63) is 41.5 Å². The highest BCUT2D eigenvalue weighted by Crippen LogP contribution is 2.17. The van der Waals surface area contributed by atoms with Gasteiger partial charge in [0.15, 0.2) is 0 Å². The first-order valence-corrected chi connectivity index (χ1v) is 5.73. The average Bonchev–Trinajstić information content (AvgIpc) is 2.17. The van der Waals surface area contributed by atoms with Crippen molar-refractivity contribution < 1.29 is 0 Å². The Morgan fingerprint density at radius 3 is 2.13 bits per heavy atom. The topological polar surface area (TPSA) is 0 Å². The number of aryl methyl sites for hydroxylation is 1. The predicted octanol–water partition coefficient (Wildman–Crippen LogP) is 5.08. The van der Waals surface area contributed by atoms with Gasteiger partial charge in [0.25, 0.3) is 0 Å². The molecule has 0 heterocycles. The summed E-state index contributed by atoms with van der Waals surface area (Å²) < 4.78 is 0. The van der Waals surface area contributed by atoms with E-state index in [0.717, 1.165) is 0 Å². The number of allylic oxidation sites excluding steroid dienone is 1. The first kappa shape index (κ1) is 14.0. The van der Waals surface area contributed by atoms with Gasteiger partial charge in [0, 0.05) is 0 Å². The lowest BCUT2D eigenvalue weighted by Crippen LogP contribution is -1.97. The summed E-state index contributed by atoms with van der Waals surface area (Å²) in [5.41, 5.74) is 2.87. The summed E-state index contributed by atoms with van der Waals surface area (Å²) in [6, 6.07) is 8.55. The Kier molecular flexibility index (Phi) is 6.00. The highest BCUT2D eigenvalue weighted by atomic mass is 14.1. The normalized spacial score (nSPS) is 11.1. The van der Waals surface area contributed by atoms with Crippen LogP contribution in [0.4, 0.5) is 0 Å². The monoisotopic (exact) mass is 204 g/mol. The van der Waals surface area contributed by atoms with Crippen LogP contribution in [0.3, 0.4) is 0 Å². The molecule has 0 heteroatoms. The van der Waals surface area contributed by atoms with Gasteiger partial charge in [-0.3, -0.25) is 0 Å². The molecule has 0 aliphatic rings. The summed E-state index contributed by atoms with van der Waals surface area (Å²) in [5.74, 6) is 0. The van der Waals surface area contributed by atoms with Crippen molar-refractivity contribution in [1.29, 1.82) is 0 Å². The van der Waals surface area contributed by atoms with E-state index in [1.165, 1.54) is 11.1 Å². The third kappa shape index (κ3) is 6.96. The molecule has 0 fully saturated rings. The lowest BCUT2D eigenvalue weighted by atomic mass is 9.95. The van der Waals surface area contributed by atoms with E-state index in [2.05, 4.69) is 64.1 Å². The maximum atomic E-state index is 2.24. The fourth-order valence-corrected chi connectivity index (χ4v) is 1.12. The van der Waals surface area contributed by atoms with E-state index in [4.69, 9.17) is 0 Å². The van der Waals surface area contributed by atoms with Gasteiger partial charge < -0.3 is 0 Å². The highest BCUT2D eigenvalue weighted by Gasteiger charge is 2.02. The molecule has 0 nitrogen and oxygen atoms in total. The van der Waals surface area contributed by atoms with Crippen LogP contribution in [0.15, 0.2) is 30.3 Å². The van der Waals surface area contributed by atoms with Crippen LogP contribution in [0.25, 0.3) is 6.08 Å². The minimum Gasteiger partial charge on any atom is -0.0785 e. The first-order chi connectivity index (χ1) is 6.97. The molecule has 1 aromatic carbocycles. The van der Waals surface area contributed by atoms with Crippen molar-refractivity contribution in [3.8, 4) is 0 Å². The minimum atomic E-state index is 0.268. The second-order valence-corrected chi connectivity index (χ2v) is 4.61. The van der Waals surface area contributed by atoms with Crippen LogP contribution in [0.5, 0.6) is 0 Å². The number of rotatable bonds is 1. The Labute approximate surface area is 95.0 Å². The standard InChI is InChI=1S/C13H18.C2H6/c1-11-6-5-7-12(10-11)8-9-13(2,3)4;1-2/h5-10H,1-4H3;1-2H3/b9-8+;. The summed E-state index contributed by atoms with van der Waals surface area (Å²) in [6.07, 6.45) is 4.43. The summed E-state index contributed by atoms with van der Waals surface area (Å²) in [6.45, 7) is 12.7. The molecule has 0 N–H and O–H groups in total. The Balaban J connectivity index is 0.000000921. The molecule has 0 bridgehead atoms. The largest absolute Gasteiger partial charge is 0.0785 e. The van der Waals surface area contributed by atoms with Crippen LogP contribution < -0.4 is 0 Å². The molecule has 15 heavy (non-hydrogen) atoms. The minimum absolute atomic E-state index is 0.268. The molecule has 84 valence electrons. The van der Waals surface area contributed by atoms with Crippen LogP contribution in [0.1, 0.15) is 45.7 Å². The lowest BCUT2D eigenvalue weighted by molar-refractivity contribution is 0.547. The van der Waals surface area contributed by atoms with Crippen molar-refractivity contribution in [2.45, 2.75) is 41.5 Å². The van der Waals surface area contributed by atoms with E-state index in [0.29, 0.717) is 0 Å². The summed E-state index contributed by atoms with van der Waals surface area (Å²) in [7, 11) is 0.